The normalized spacial score (nSPS) is 14.8. The van der Waals surface area contributed by atoms with Crippen LogP contribution in [0.4, 0.5) is 5.69 Å². The van der Waals surface area contributed by atoms with Gasteiger partial charge in [-0.15, -0.1) is 0 Å². The molecule has 0 unspecified atom stereocenters. The Balaban J connectivity index is 1.45. The number of piperidine rings is 1. The van der Waals surface area contributed by atoms with Crippen molar-refractivity contribution in [2.24, 2.45) is 5.92 Å². The van der Waals surface area contributed by atoms with Gasteiger partial charge in [0, 0.05) is 43.2 Å². The van der Waals surface area contributed by atoms with Crippen molar-refractivity contribution in [3.8, 4) is 11.6 Å². The molecule has 0 saturated carbocycles. The van der Waals surface area contributed by atoms with Crippen LogP contribution in [0.1, 0.15) is 18.4 Å². The molecule has 9 nitrogen and oxygen atoms in total. The van der Waals surface area contributed by atoms with E-state index in [0.29, 0.717) is 23.1 Å². The van der Waals surface area contributed by atoms with Crippen LogP contribution >= 0.6 is 0 Å². The number of hydrogen-bond acceptors (Lipinski definition) is 6. The van der Waals surface area contributed by atoms with E-state index < -0.39 is 5.97 Å². The molecule has 164 valence electrons. The number of anilines is 1. The zero-order chi connectivity index (χ0) is 22.1. The molecule has 1 fully saturated rings. The van der Waals surface area contributed by atoms with Gasteiger partial charge in [-0.3, -0.25) is 9.78 Å². The van der Waals surface area contributed by atoms with Crippen LogP contribution in [-0.4, -0.2) is 60.2 Å². The lowest BCUT2D eigenvalue weighted by atomic mass is 9.97. The highest BCUT2D eigenvalue weighted by atomic mass is 16.4. The molecule has 0 bridgehead atoms. The van der Waals surface area contributed by atoms with E-state index >= 15 is 0 Å². The van der Waals surface area contributed by atoms with E-state index in [1.807, 2.05) is 6.20 Å². The Morgan fingerprint density at radius 1 is 1.09 bits per heavy atom. The summed E-state index contributed by atoms with van der Waals surface area (Å²) in [5, 5.41) is 23.9. The number of aromatic nitrogens is 5. The lowest BCUT2D eigenvalue weighted by molar-refractivity contribution is -0.136. The highest BCUT2D eigenvalue weighted by Crippen LogP contribution is 2.27. The molecule has 4 aromatic rings. The van der Waals surface area contributed by atoms with Crippen molar-refractivity contribution in [3.63, 3.8) is 0 Å². The fourth-order valence-corrected chi connectivity index (χ4v) is 4.19. The zero-order valence-electron chi connectivity index (χ0n) is 17.5. The Hall–Kier alpha value is -3.72. The highest BCUT2D eigenvalue weighted by Gasteiger charge is 2.19. The van der Waals surface area contributed by atoms with Crippen LogP contribution in [-0.2, 0) is 11.2 Å². The maximum absolute atomic E-state index is 11.0. The molecule has 0 radical (unpaired) electrons. The van der Waals surface area contributed by atoms with Crippen LogP contribution in [0.5, 0.6) is 0 Å². The summed E-state index contributed by atoms with van der Waals surface area (Å²) in [5.74, 6) is 0.692. The molecule has 3 aromatic heterocycles. The molecule has 0 atom stereocenters. The molecule has 0 spiro atoms. The third-order valence-corrected chi connectivity index (χ3v) is 5.99. The van der Waals surface area contributed by atoms with Crippen molar-refractivity contribution in [1.82, 2.24) is 24.3 Å². The number of fused-ring (bicyclic) bond motifs is 1. The SMILES string of the molecule is O=C(O)Cc1ccn(-c2cncc(-n3ncc4ccc(N5CCC(CO)CC5)cc43)n2)c1. The molecule has 0 aliphatic carbocycles. The third kappa shape index (κ3) is 3.94. The Labute approximate surface area is 184 Å². The number of carboxylic acid groups (broad SMARTS) is 1. The van der Waals surface area contributed by atoms with Gasteiger partial charge in [-0.1, -0.05) is 0 Å². The molecule has 2 N–H and O–H groups in total. The van der Waals surface area contributed by atoms with E-state index in [9.17, 15) is 9.90 Å². The number of aliphatic hydroxyl groups is 1. The second-order valence-electron chi connectivity index (χ2n) is 8.15. The van der Waals surface area contributed by atoms with Crippen molar-refractivity contribution in [1.29, 1.82) is 0 Å². The topological polar surface area (TPSA) is 109 Å². The maximum Gasteiger partial charge on any atom is 0.307 e. The molecule has 32 heavy (non-hydrogen) atoms. The molecule has 0 amide bonds. The highest BCUT2D eigenvalue weighted by molar-refractivity contribution is 5.83. The molecular formula is C23H24N6O3. The predicted molar refractivity (Wildman–Crippen MR) is 119 cm³/mol. The molecular weight excluding hydrogens is 408 g/mol. The number of carboxylic acids is 1. The molecule has 1 aromatic carbocycles. The minimum Gasteiger partial charge on any atom is -0.481 e. The van der Waals surface area contributed by atoms with Crippen molar-refractivity contribution >= 4 is 22.6 Å². The quantitative estimate of drug-likeness (QED) is 0.482. The van der Waals surface area contributed by atoms with Crippen molar-refractivity contribution in [2.75, 3.05) is 24.6 Å². The first kappa shape index (κ1) is 20.2. The first-order valence-electron chi connectivity index (χ1n) is 10.7. The number of hydrogen-bond donors (Lipinski definition) is 2. The number of aliphatic carboxylic acids is 1. The van der Waals surface area contributed by atoms with E-state index in [4.69, 9.17) is 10.1 Å². The monoisotopic (exact) mass is 432 g/mol. The predicted octanol–water partition coefficient (Wildman–Crippen LogP) is 2.44. The standard InChI is InChI=1S/C23H24N6O3/c30-15-16-3-6-27(7-4-16)19-2-1-18-11-25-29(20(18)10-19)22-13-24-12-21(26-22)28-8-5-17(14-28)9-23(31)32/h1-2,5,8,10-14,16,30H,3-4,6-7,9,15H2,(H,31,32). The van der Waals surface area contributed by atoms with Gasteiger partial charge in [-0.25, -0.2) is 9.67 Å². The number of aliphatic hydroxyl groups excluding tert-OH is 1. The zero-order valence-corrected chi connectivity index (χ0v) is 17.5. The van der Waals surface area contributed by atoms with Gasteiger partial charge in [0.2, 0.25) is 0 Å². The summed E-state index contributed by atoms with van der Waals surface area (Å²) in [6.45, 7) is 2.10. The molecule has 1 aliphatic heterocycles. The van der Waals surface area contributed by atoms with Crippen LogP contribution in [0.3, 0.4) is 0 Å². The summed E-state index contributed by atoms with van der Waals surface area (Å²) < 4.78 is 3.54. The minimum absolute atomic E-state index is 0.0394. The smallest absolute Gasteiger partial charge is 0.307 e. The Kier molecular flexibility index (Phi) is 5.32. The minimum atomic E-state index is -0.873. The first-order chi connectivity index (χ1) is 15.6. The molecule has 1 aliphatic rings. The van der Waals surface area contributed by atoms with E-state index in [2.05, 4.69) is 33.2 Å². The van der Waals surface area contributed by atoms with Crippen LogP contribution in [0.25, 0.3) is 22.5 Å². The summed E-state index contributed by atoms with van der Waals surface area (Å²) in [7, 11) is 0. The van der Waals surface area contributed by atoms with E-state index in [1.165, 1.54) is 0 Å². The molecule has 5 rings (SSSR count). The van der Waals surface area contributed by atoms with Crippen molar-refractivity contribution < 1.29 is 15.0 Å². The second kappa shape index (κ2) is 8.43. The fraction of sp³-hybridized carbons (Fsp3) is 0.304. The summed E-state index contributed by atoms with van der Waals surface area (Å²) in [5.41, 5.74) is 2.77. The number of nitrogens with zero attached hydrogens (tertiary/aromatic N) is 6. The second-order valence-corrected chi connectivity index (χ2v) is 8.15. The summed E-state index contributed by atoms with van der Waals surface area (Å²) in [6.07, 6.45) is 10.6. The lowest BCUT2D eigenvalue weighted by Crippen LogP contribution is -2.34. The average Bonchev–Trinajstić information content (AvgIpc) is 3.45. The van der Waals surface area contributed by atoms with Gasteiger partial charge < -0.3 is 19.7 Å². The maximum atomic E-state index is 11.0. The molecule has 9 heteroatoms. The van der Waals surface area contributed by atoms with Crippen molar-refractivity contribution in [3.05, 3.63) is 60.8 Å². The van der Waals surface area contributed by atoms with Crippen molar-refractivity contribution in [2.45, 2.75) is 19.3 Å². The summed E-state index contributed by atoms with van der Waals surface area (Å²) in [6, 6.07) is 8.06. The average molecular weight is 432 g/mol. The summed E-state index contributed by atoms with van der Waals surface area (Å²) in [4.78, 5) is 22.3. The van der Waals surface area contributed by atoms with Gasteiger partial charge >= 0.3 is 5.97 Å². The Morgan fingerprint density at radius 3 is 2.69 bits per heavy atom. The van der Waals surface area contributed by atoms with Gasteiger partial charge in [0.1, 0.15) is 0 Å². The lowest BCUT2D eigenvalue weighted by Gasteiger charge is -2.32. The Morgan fingerprint density at radius 2 is 1.91 bits per heavy atom. The van der Waals surface area contributed by atoms with Crippen LogP contribution < -0.4 is 4.90 Å². The largest absolute Gasteiger partial charge is 0.481 e. The van der Waals surface area contributed by atoms with Gasteiger partial charge in [-0.05, 0) is 48.6 Å². The number of benzene rings is 1. The van der Waals surface area contributed by atoms with Crippen LogP contribution in [0.2, 0.25) is 0 Å². The van der Waals surface area contributed by atoms with Crippen LogP contribution in [0.15, 0.2) is 55.2 Å². The fourth-order valence-electron chi connectivity index (χ4n) is 4.19. The Bertz CT molecular complexity index is 1260. The number of rotatable bonds is 6. The van der Waals surface area contributed by atoms with Gasteiger partial charge in [0.15, 0.2) is 11.6 Å². The third-order valence-electron chi connectivity index (χ3n) is 5.99. The molecule has 1 saturated heterocycles. The van der Waals surface area contributed by atoms with E-state index in [1.54, 1.807) is 40.1 Å². The summed E-state index contributed by atoms with van der Waals surface area (Å²) >= 11 is 0. The van der Waals surface area contributed by atoms with E-state index in [-0.39, 0.29) is 13.0 Å². The van der Waals surface area contributed by atoms with Gasteiger partial charge in [0.25, 0.3) is 0 Å². The van der Waals surface area contributed by atoms with E-state index in [0.717, 1.165) is 42.5 Å². The van der Waals surface area contributed by atoms with Gasteiger partial charge in [0.05, 0.1) is 30.5 Å². The first-order valence-corrected chi connectivity index (χ1v) is 10.7. The van der Waals surface area contributed by atoms with Crippen LogP contribution in [0, 0.1) is 5.92 Å². The number of carbonyl (C=O) groups is 1. The molecule has 4 heterocycles. The van der Waals surface area contributed by atoms with Gasteiger partial charge in [-0.2, -0.15) is 5.10 Å².